The quantitative estimate of drug-likeness (QED) is 0.726. The van der Waals surface area contributed by atoms with Crippen molar-refractivity contribution in [3.05, 3.63) is 60.0 Å². The molecule has 0 amide bonds. The predicted octanol–water partition coefficient (Wildman–Crippen LogP) is 3.11. The number of aromatic nitrogens is 3. The Balaban J connectivity index is 1.35. The summed E-state index contributed by atoms with van der Waals surface area (Å²) in [5, 5.41) is 7.56. The summed E-state index contributed by atoms with van der Waals surface area (Å²) in [6.45, 7) is 5.13. The maximum absolute atomic E-state index is 5.43. The molecule has 4 rings (SSSR count). The first-order valence-electron chi connectivity index (χ1n) is 9.59. The van der Waals surface area contributed by atoms with E-state index >= 15 is 0 Å². The maximum Gasteiger partial charge on any atom is 0.259 e. The summed E-state index contributed by atoms with van der Waals surface area (Å²) in [5.74, 6) is 2.29. The van der Waals surface area contributed by atoms with Gasteiger partial charge in [-0.25, -0.2) is 4.98 Å². The number of nitrogens with one attached hydrogen (secondary N) is 1. The minimum atomic E-state index is 0.481. The number of nitrogens with zero attached hydrogens (tertiary/aromatic N) is 4. The number of aryl methyl sites for hydroxylation is 2. The molecule has 2 aromatic heterocycles. The molecule has 6 nitrogen and oxygen atoms in total. The Labute approximate surface area is 159 Å². The van der Waals surface area contributed by atoms with Crippen LogP contribution in [0, 0.1) is 0 Å². The van der Waals surface area contributed by atoms with Crippen molar-refractivity contribution < 1.29 is 4.52 Å². The number of benzene rings is 1. The second-order valence-electron chi connectivity index (χ2n) is 7.06. The Morgan fingerprint density at radius 3 is 2.81 bits per heavy atom. The Morgan fingerprint density at radius 1 is 1.15 bits per heavy atom. The average molecular weight is 363 g/mol. The lowest BCUT2D eigenvalue weighted by Gasteiger charge is -2.32. The SMILES string of the molecule is C[C@@H]1CN(c2ccc(-c3nc(CCCc4ccccc4)no3)cn2)CCN1. The molecule has 1 aromatic carbocycles. The van der Waals surface area contributed by atoms with E-state index in [9.17, 15) is 0 Å². The highest BCUT2D eigenvalue weighted by molar-refractivity contribution is 5.54. The maximum atomic E-state index is 5.43. The number of anilines is 1. The zero-order valence-electron chi connectivity index (χ0n) is 15.6. The standard InChI is InChI=1S/C21H25N5O/c1-16-15-26(13-12-22-16)20-11-10-18(14-23-20)21-24-19(25-27-21)9-5-8-17-6-3-2-4-7-17/h2-4,6-7,10-11,14,16,22H,5,8-9,12-13,15H2,1H3/t16-/m1/s1. The van der Waals surface area contributed by atoms with E-state index in [0.29, 0.717) is 11.9 Å². The molecule has 1 fully saturated rings. The van der Waals surface area contributed by atoms with E-state index in [1.54, 1.807) is 0 Å². The molecule has 0 bridgehead atoms. The van der Waals surface area contributed by atoms with Gasteiger partial charge in [-0.05, 0) is 37.5 Å². The molecule has 1 N–H and O–H groups in total. The van der Waals surface area contributed by atoms with Crippen molar-refractivity contribution in [1.82, 2.24) is 20.4 Å². The summed E-state index contributed by atoms with van der Waals surface area (Å²) in [6.07, 6.45) is 4.65. The van der Waals surface area contributed by atoms with Crippen LogP contribution < -0.4 is 10.2 Å². The summed E-state index contributed by atoms with van der Waals surface area (Å²) in [7, 11) is 0. The van der Waals surface area contributed by atoms with E-state index < -0.39 is 0 Å². The molecule has 0 radical (unpaired) electrons. The lowest BCUT2D eigenvalue weighted by atomic mass is 10.1. The second kappa shape index (κ2) is 8.31. The third-order valence-electron chi connectivity index (χ3n) is 4.86. The molecule has 27 heavy (non-hydrogen) atoms. The van der Waals surface area contributed by atoms with Crippen molar-refractivity contribution in [3.8, 4) is 11.5 Å². The van der Waals surface area contributed by atoms with Crippen LogP contribution in [-0.4, -0.2) is 40.8 Å². The Morgan fingerprint density at radius 2 is 2.04 bits per heavy atom. The highest BCUT2D eigenvalue weighted by Crippen LogP contribution is 2.20. The van der Waals surface area contributed by atoms with E-state index in [-0.39, 0.29) is 0 Å². The van der Waals surface area contributed by atoms with Gasteiger partial charge in [0.1, 0.15) is 5.82 Å². The van der Waals surface area contributed by atoms with Gasteiger partial charge in [0.2, 0.25) is 0 Å². The van der Waals surface area contributed by atoms with Gasteiger partial charge in [0, 0.05) is 38.3 Å². The molecule has 140 valence electrons. The van der Waals surface area contributed by atoms with Crippen molar-refractivity contribution in [2.24, 2.45) is 0 Å². The van der Waals surface area contributed by atoms with Crippen LogP contribution in [0.5, 0.6) is 0 Å². The minimum Gasteiger partial charge on any atom is -0.354 e. The van der Waals surface area contributed by atoms with E-state index in [1.165, 1.54) is 5.56 Å². The zero-order chi connectivity index (χ0) is 18.5. The van der Waals surface area contributed by atoms with Crippen LogP contribution in [0.3, 0.4) is 0 Å². The smallest absolute Gasteiger partial charge is 0.259 e. The van der Waals surface area contributed by atoms with E-state index in [1.807, 2.05) is 24.4 Å². The summed E-state index contributed by atoms with van der Waals surface area (Å²) in [6, 6.07) is 15.0. The van der Waals surface area contributed by atoms with Gasteiger partial charge in [0.25, 0.3) is 5.89 Å². The number of rotatable bonds is 6. The van der Waals surface area contributed by atoms with Gasteiger partial charge >= 0.3 is 0 Å². The molecular weight excluding hydrogens is 338 g/mol. The molecule has 1 aliphatic heterocycles. The predicted molar refractivity (Wildman–Crippen MR) is 106 cm³/mol. The fourth-order valence-corrected chi connectivity index (χ4v) is 3.41. The molecule has 1 saturated heterocycles. The van der Waals surface area contributed by atoms with E-state index in [4.69, 9.17) is 4.52 Å². The first kappa shape index (κ1) is 17.7. The normalized spacial score (nSPS) is 17.2. The molecule has 0 aliphatic carbocycles. The van der Waals surface area contributed by atoms with Gasteiger partial charge in [0.15, 0.2) is 5.82 Å². The van der Waals surface area contributed by atoms with Crippen molar-refractivity contribution >= 4 is 5.82 Å². The summed E-state index contributed by atoms with van der Waals surface area (Å²) >= 11 is 0. The molecule has 3 heterocycles. The topological polar surface area (TPSA) is 67.1 Å². The molecule has 1 atom stereocenters. The van der Waals surface area contributed by atoms with Crippen molar-refractivity contribution in [2.45, 2.75) is 32.2 Å². The van der Waals surface area contributed by atoms with E-state index in [2.05, 4.69) is 56.5 Å². The van der Waals surface area contributed by atoms with Gasteiger partial charge in [-0.2, -0.15) is 4.98 Å². The number of hydrogen-bond acceptors (Lipinski definition) is 6. The Bertz CT molecular complexity index is 847. The molecule has 0 saturated carbocycles. The number of hydrogen-bond donors (Lipinski definition) is 1. The van der Waals surface area contributed by atoms with Gasteiger partial charge < -0.3 is 14.7 Å². The molecule has 0 unspecified atom stereocenters. The summed E-state index contributed by atoms with van der Waals surface area (Å²) in [4.78, 5) is 11.4. The Hall–Kier alpha value is -2.73. The van der Waals surface area contributed by atoms with Crippen molar-refractivity contribution in [1.29, 1.82) is 0 Å². The number of pyridine rings is 1. The lowest BCUT2D eigenvalue weighted by Crippen LogP contribution is -2.49. The average Bonchev–Trinajstić information content (AvgIpc) is 3.18. The second-order valence-corrected chi connectivity index (χ2v) is 7.06. The van der Waals surface area contributed by atoms with Gasteiger partial charge in [0.05, 0.1) is 5.56 Å². The first-order valence-corrected chi connectivity index (χ1v) is 9.59. The monoisotopic (exact) mass is 363 g/mol. The van der Waals surface area contributed by atoms with Crippen LogP contribution in [0.4, 0.5) is 5.82 Å². The van der Waals surface area contributed by atoms with Crippen LogP contribution >= 0.6 is 0 Å². The van der Waals surface area contributed by atoms with Gasteiger partial charge in [-0.15, -0.1) is 0 Å². The largest absolute Gasteiger partial charge is 0.354 e. The van der Waals surface area contributed by atoms with Crippen LogP contribution in [0.15, 0.2) is 53.2 Å². The van der Waals surface area contributed by atoms with Crippen LogP contribution in [0.2, 0.25) is 0 Å². The lowest BCUT2D eigenvalue weighted by molar-refractivity contribution is 0.421. The molecule has 1 aliphatic rings. The fraction of sp³-hybridized carbons (Fsp3) is 0.381. The summed E-state index contributed by atoms with van der Waals surface area (Å²) < 4.78 is 5.43. The number of piperazine rings is 1. The molecule has 6 heteroatoms. The van der Waals surface area contributed by atoms with E-state index in [0.717, 1.165) is 56.1 Å². The molecule has 0 spiro atoms. The first-order chi connectivity index (χ1) is 13.3. The van der Waals surface area contributed by atoms with Crippen molar-refractivity contribution in [2.75, 3.05) is 24.5 Å². The van der Waals surface area contributed by atoms with Gasteiger partial charge in [-0.3, -0.25) is 0 Å². The zero-order valence-corrected chi connectivity index (χ0v) is 15.6. The third-order valence-corrected chi connectivity index (χ3v) is 4.86. The fourth-order valence-electron chi connectivity index (χ4n) is 3.41. The summed E-state index contributed by atoms with van der Waals surface area (Å²) in [5.41, 5.74) is 2.20. The third kappa shape index (κ3) is 4.52. The minimum absolute atomic E-state index is 0.481. The highest BCUT2D eigenvalue weighted by atomic mass is 16.5. The molecular formula is C21H25N5O. The van der Waals surface area contributed by atoms with Gasteiger partial charge in [-0.1, -0.05) is 35.5 Å². The Kier molecular flexibility index (Phi) is 5.44. The highest BCUT2D eigenvalue weighted by Gasteiger charge is 2.17. The molecule has 3 aromatic rings. The van der Waals surface area contributed by atoms with Crippen LogP contribution in [0.25, 0.3) is 11.5 Å². The van der Waals surface area contributed by atoms with Crippen LogP contribution in [0.1, 0.15) is 24.7 Å². The van der Waals surface area contributed by atoms with Crippen LogP contribution in [-0.2, 0) is 12.8 Å². The van der Waals surface area contributed by atoms with Crippen molar-refractivity contribution in [3.63, 3.8) is 0 Å².